The van der Waals surface area contributed by atoms with Crippen LogP contribution < -0.4 is 10.1 Å². The van der Waals surface area contributed by atoms with Gasteiger partial charge in [-0.25, -0.2) is 8.78 Å². The summed E-state index contributed by atoms with van der Waals surface area (Å²) in [5.41, 5.74) is 4.12. The highest BCUT2D eigenvalue weighted by molar-refractivity contribution is 5.59. The van der Waals surface area contributed by atoms with Crippen molar-refractivity contribution in [3.63, 3.8) is 0 Å². The monoisotopic (exact) mass is 291 g/mol. The SMILES string of the molecule is COc1c(C)ccc(NCc2ccc(C(F)F)cc2)c1C. The molecule has 2 nitrogen and oxygen atoms in total. The number of methoxy groups -OCH3 is 1. The van der Waals surface area contributed by atoms with E-state index in [2.05, 4.69) is 5.32 Å². The summed E-state index contributed by atoms with van der Waals surface area (Å²) < 4.78 is 30.4. The van der Waals surface area contributed by atoms with Gasteiger partial charge in [0.05, 0.1) is 7.11 Å². The third kappa shape index (κ3) is 3.51. The van der Waals surface area contributed by atoms with Crippen molar-refractivity contribution in [2.75, 3.05) is 12.4 Å². The highest BCUT2D eigenvalue weighted by Crippen LogP contribution is 2.29. The Morgan fingerprint density at radius 1 is 1.05 bits per heavy atom. The minimum atomic E-state index is -2.42. The minimum absolute atomic E-state index is 0.0481. The quantitative estimate of drug-likeness (QED) is 0.849. The molecule has 0 saturated carbocycles. The largest absolute Gasteiger partial charge is 0.496 e. The molecule has 0 fully saturated rings. The van der Waals surface area contributed by atoms with Crippen LogP contribution in [0.1, 0.15) is 28.7 Å². The third-order valence-electron chi connectivity index (χ3n) is 3.52. The minimum Gasteiger partial charge on any atom is -0.496 e. The van der Waals surface area contributed by atoms with E-state index in [0.29, 0.717) is 6.54 Å². The number of ether oxygens (including phenoxy) is 1. The first-order chi connectivity index (χ1) is 10.0. The van der Waals surface area contributed by atoms with Gasteiger partial charge in [-0.3, -0.25) is 0 Å². The van der Waals surface area contributed by atoms with Crippen molar-refractivity contribution >= 4 is 5.69 Å². The number of halogens is 2. The molecule has 2 rings (SSSR count). The molecule has 112 valence electrons. The molecule has 0 aliphatic carbocycles. The van der Waals surface area contributed by atoms with Gasteiger partial charge < -0.3 is 10.1 Å². The number of hydrogen-bond donors (Lipinski definition) is 1. The summed E-state index contributed by atoms with van der Waals surface area (Å²) in [6, 6.07) is 10.4. The van der Waals surface area contributed by atoms with E-state index in [9.17, 15) is 8.78 Å². The number of hydrogen-bond acceptors (Lipinski definition) is 2. The van der Waals surface area contributed by atoms with Crippen LogP contribution in [0.15, 0.2) is 36.4 Å². The van der Waals surface area contributed by atoms with Crippen LogP contribution in [0.3, 0.4) is 0 Å². The molecular formula is C17H19F2NO. The van der Waals surface area contributed by atoms with Crippen LogP contribution in [0, 0.1) is 13.8 Å². The Bertz CT molecular complexity index is 609. The Morgan fingerprint density at radius 3 is 2.29 bits per heavy atom. The molecule has 2 aromatic carbocycles. The smallest absolute Gasteiger partial charge is 0.263 e. The average Bonchev–Trinajstić information content (AvgIpc) is 2.47. The van der Waals surface area contributed by atoms with Gasteiger partial charge in [-0.05, 0) is 31.0 Å². The number of benzene rings is 2. The van der Waals surface area contributed by atoms with E-state index in [4.69, 9.17) is 4.74 Å². The van der Waals surface area contributed by atoms with E-state index in [0.717, 1.165) is 28.1 Å². The number of rotatable bonds is 5. The van der Waals surface area contributed by atoms with Crippen molar-refractivity contribution < 1.29 is 13.5 Å². The highest BCUT2D eigenvalue weighted by atomic mass is 19.3. The van der Waals surface area contributed by atoms with Crippen molar-refractivity contribution in [1.82, 2.24) is 0 Å². The maximum Gasteiger partial charge on any atom is 0.263 e. The normalized spacial score (nSPS) is 10.8. The van der Waals surface area contributed by atoms with Crippen molar-refractivity contribution in [2.45, 2.75) is 26.8 Å². The molecule has 0 atom stereocenters. The molecule has 0 saturated heterocycles. The van der Waals surface area contributed by atoms with Crippen LogP contribution in [-0.4, -0.2) is 7.11 Å². The lowest BCUT2D eigenvalue weighted by molar-refractivity contribution is 0.151. The van der Waals surface area contributed by atoms with Gasteiger partial charge >= 0.3 is 0 Å². The van der Waals surface area contributed by atoms with Crippen LogP contribution in [0.5, 0.6) is 5.75 Å². The number of aryl methyl sites for hydroxylation is 1. The lowest BCUT2D eigenvalue weighted by Crippen LogP contribution is -2.03. The van der Waals surface area contributed by atoms with Gasteiger partial charge in [-0.1, -0.05) is 30.3 Å². The van der Waals surface area contributed by atoms with Crippen molar-refractivity contribution in [3.05, 3.63) is 58.7 Å². The van der Waals surface area contributed by atoms with Gasteiger partial charge in [0.25, 0.3) is 6.43 Å². The van der Waals surface area contributed by atoms with E-state index in [-0.39, 0.29) is 5.56 Å². The van der Waals surface area contributed by atoms with Crippen LogP contribution >= 0.6 is 0 Å². The van der Waals surface area contributed by atoms with E-state index in [1.807, 2.05) is 26.0 Å². The standard InChI is InChI=1S/C17H19F2NO/c1-11-4-9-15(12(2)16(11)21-3)20-10-13-5-7-14(8-6-13)17(18)19/h4-9,17,20H,10H2,1-3H3. The fraction of sp³-hybridized carbons (Fsp3) is 0.294. The predicted octanol–water partition coefficient (Wildman–Crippen LogP) is 4.86. The molecular weight excluding hydrogens is 272 g/mol. The van der Waals surface area contributed by atoms with Crippen molar-refractivity contribution in [1.29, 1.82) is 0 Å². The molecule has 0 amide bonds. The zero-order valence-corrected chi connectivity index (χ0v) is 12.4. The Morgan fingerprint density at radius 2 is 1.71 bits per heavy atom. The lowest BCUT2D eigenvalue weighted by Gasteiger charge is -2.15. The van der Waals surface area contributed by atoms with Gasteiger partial charge in [0, 0.05) is 23.4 Å². The van der Waals surface area contributed by atoms with Gasteiger partial charge in [0.2, 0.25) is 0 Å². The second-order valence-corrected chi connectivity index (χ2v) is 4.98. The van der Waals surface area contributed by atoms with Crippen LogP contribution in [-0.2, 0) is 6.54 Å². The predicted molar refractivity (Wildman–Crippen MR) is 81.2 cm³/mol. The molecule has 0 radical (unpaired) electrons. The van der Waals surface area contributed by atoms with Gasteiger partial charge in [0.1, 0.15) is 5.75 Å². The first kappa shape index (κ1) is 15.3. The second kappa shape index (κ2) is 6.57. The molecule has 0 unspecified atom stereocenters. The van der Waals surface area contributed by atoms with Gasteiger partial charge in [-0.2, -0.15) is 0 Å². The molecule has 0 heterocycles. The number of anilines is 1. The van der Waals surface area contributed by atoms with Crippen LogP contribution in [0.25, 0.3) is 0 Å². The van der Waals surface area contributed by atoms with Crippen molar-refractivity contribution in [2.24, 2.45) is 0 Å². The average molecular weight is 291 g/mol. The molecule has 2 aromatic rings. The summed E-state index contributed by atoms with van der Waals surface area (Å²) in [5.74, 6) is 0.869. The van der Waals surface area contributed by atoms with E-state index in [1.54, 1.807) is 19.2 Å². The molecule has 21 heavy (non-hydrogen) atoms. The summed E-state index contributed by atoms with van der Waals surface area (Å²) in [4.78, 5) is 0. The molecule has 0 aliphatic rings. The second-order valence-electron chi connectivity index (χ2n) is 4.98. The Balaban J connectivity index is 2.09. The molecule has 1 N–H and O–H groups in total. The summed E-state index contributed by atoms with van der Waals surface area (Å²) in [6.45, 7) is 4.57. The fourth-order valence-electron chi connectivity index (χ4n) is 2.31. The first-order valence-corrected chi connectivity index (χ1v) is 6.78. The van der Waals surface area contributed by atoms with Crippen LogP contribution in [0.2, 0.25) is 0 Å². The highest BCUT2D eigenvalue weighted by Gasteiger charge is 2.08. The Hall–Kier alpha value is -2.10. The van der Waals surface area contributed by atoms with Gasteiger partial charge in [-0.15, -0.1) is 0 Å². The Labute approximate surface area is 123 Å². The number of nitrogens with one attached hydrogen (secondary N) is 1. The molecule has 0 bridgehead atoms. The molecule has 0 aliphatic heterocycles. The third-order valence-corrected chi connectivity index (χ3v) is 3.52. The summed E-state index contributed by atoms with van der Waals surface area (Å²) >= 11 is 0. The molecule has 4 heteroatoms. The molecule has 0 aromatic heterocycles. The van der Waals surface area contributed by atoms with Crippen LogP contribution in [0.4, 0.5) is 14.5 Å². The topological polar surface area (TPSA) is 21.3 Å². The van der Waals surface area contributed by atoms with Gasteiger partial charge in [0.15, 0.2) is 0 Å². The zero-order valence-electron chi connectivity index (χ0n) is 12.4. The first-order valence-electron chi connectivity index (χ1n) is 6.78. The van der Waals surface area contributed by atoms with E-state index >= 15 is 0 Å². The summed E-state index contributed by atoms with van der Waals surface area (Å²) in [7, 11) is 1.65. The maximum atomic E-state index is 12.5. The number of alkyl halides is 2. The summed E-state index contributed by atoms with van der Waals surface area (Å²) in [5, 5.41) is 3.31. The Kier molecular flexibility index (Phi) is 4.78. The summed E-state index contributed by atoms with van der Waals surface area (Å²) in [6.07, 6.45) is -2.42. The fourth-order valence-corrected chi connectivity index (χ4v) is 2.31. The lowest BCUT2D eigenvalue weighted by atomic mass is 10.1. The zero-order chi connectivity index (χ0) is 15.4. The molecule has 0 spiro atoms. The van der Waals surface area contributed by atoms with E-state index < -0.39 is 6.43 Å². The van der Waals surface area contributed by atoms with Crippen molar-refractivity contribution in [3.8, 4) is 5.75 Å². The maximum absolute atomic E-state index is 12.5. The van der Waals surface area contributed by atoms with E-state index in [1.165, 1.54) is 12.1 Å².